The molecule has 7 nitrogen and oxygen atoms in total. The molecule has 0 saturated carbocycles. The van der Waals surface area contributed by atoms with Crippen LogP contribution in [0.5, 0.6) is 0 Å². The number of aromatic nitrogens is 6. The summed E-state index contributed by atoms with van der Waals surface area (Å²) in [7, 11) is 0. The number of nitrogens with zero attached hydrogens (tertiary/aromatic N) is 6. The normalized spacial score (nSPS) is 10.5. The fraction of sp³-hybridized carbons (Fsp3) is 0.143. The summed E-state index contributed by atoms with van der Waals surface area (Å²) in [5.41, 5.74) is 3.00. The summed E-state index contributed by atoms with van der Waals surface area (Å²) in [5.74, 6) is 0.749. The van der Waals surface area contributed by atoms with Crippen LogP contribution in [0.3, 0.4) is 0 Å². The van der Waals surface area contributed by atoms with Gasteiger partial charge in [0.1, 0.15) is 0 Å². The Kier molecular flexibility index (Phi) is 3.46. The molecule has 0 fully saturated rings. The Bertz CT molecular complexity index is 756. The minimum atomic E-state index is 0.686. The van der Waals surface area contributed by atoms with Gasteiger partial charge in [0, 0.05) is 30.2 Å². The van der Waals surface area contributed by atoms with Crippen molar-refractivity contribution in [3.8, 4) is 5.69 Å². The van der Waals surface area contributed by atoms with Crippen LogP contribution in [0.2, 0.25) is 0 Å². The molecular formula is C14H15N7. The number of rotatable bonds is 5. The average molecular weight is 281 g/mol. The van der Waals surface area contributed by atoms with Crippen LogP contribution >= 0.6 is 0 Å². The van der Waals surface area contributed by atoms with Crippen molar-refractivity contribution in [3.63, 3.8) is 0 Å². The van der Waals surface area contributed by atoms with Crippen molar-refractivity contribution in [1.29, 1.82) is 0 Å². The highest BCUT2D eigenvalue weighted by Crippen LogP contribution is 2.15. The van der Waals surface area contributed by atoms with Gasteiger partial charge >= 0.3 is 0 Å². The molecule has 1 aromatic carbocycles. The molecular weight excluding hydrogens is 266 g/mol. The summed E-state index contributed by atoms with van der Waals surface area (Å²) >= 11 is 0. The van der Waals surface area contributed by atoms with Gasteiger partial charge in [0.15, 0.2) is 5.82 Å². The Morgan fingerprint density at radius 3 is 3.00 bits per heavy atom. The van der Waals surface area contributed by atoms with Crippen molar-refractivity contribution in [3.05, 3.63) is 54.6 Å². The van der Waals surface area contributed by atoms with Gasteiger partial charge in [-0.2, -0.15) is 9.78 Å². The zero-order valence-electron chi connectivity index (χ0n) is 11.6. The first kappa shape index (κ1) is 13.0. The van der Waals surface area contributed by atoms with Crippen LogP contribution in [-0.4, -0.2) is 30.0 Å². The fourth-order valence-electron chi connectivity index (χ4n) is 1.99. The highest BCUT2D eigenvalue weighted by atomic mass is 15.5. The molecule has 3 aromatic rings. The summed E-state index contributed by atoms with van der Waals surface area (Å²) in [4.78, 5) is 0. The maximum atomic E-state index is 4.14. The number of tetrazole rings is 1. The highest BCUT2D eigenvalue weighted by molar-refractivity contribution is 5.51. The van der Waals surface area contributed by atoms with Crippen molar-refractivity contribution in [1.82, 2.24) is 30.0 Å². The topological polar surface area (TPSA) is 73.5 Å². The van der Waals surface area contributed by atoms with Crippen molar-refractivity contribution in [2.45, 2.75) is 13.5 Å². The maximum absolute atomic E-state index is 4.14. The van der Waals surface area contributed by atoms with Crippen LogP contribution in [0.4, 0.5) is 5.69 Å². The van der Waals surface area contributed by atoms with Crippen molar-refractivity contribution in [2.24, 2.45) is 0 Å². The third kappa shape index (κ3) is 2.81. The van der Waals surface area contributed by atoms with E-state index in [9.17, 15) is 0 Å². The van der Waals surface area contributed by atoms with Crippen molar-refractivity contribution < 1.29 is 0 Å². The monoisotopic (exact) mass is 281 g/mol. The van der Waals surface area contributed by atoms with Gasteiger partial charge in [-0.3, -0.25) is 0 Å². The van der Waals surface area contributed by atoms with Gasteiger partial charge in [0.2, 0.25) is 0 Å². The SMILES string of the molecule is C=Cn1cc(CNc2cccc(-n3nnnc3C)c2)cn1. The Hall–Kier alpha value is -2.96. The Labute approximate surface area is 121 Å². The number of hydrogen-bond donors (Lipinski definition) is 1. The lowest BCUT2D eigenvalue weighted by molar-refractivity contribution is 0.779. The zero-order valence-corrected chi connectivity index (χ0v) is 11.6. The van der Waals surface area contributed by atoms with Crippen molar-refractivity contribution >= 4 is 11.9 Å². The molecule has 2 aromatic heterocycles. The minimum Gasteiger partial charge on any atom is -0.381 e. The third-order valence-corrected chi connectivity index (χ3v) is 3.05. The molecule has 0 aliphatic heterocycles. The van der Waals surface area contributed by atoms with Gasteiger partial charge in [-0.25, -0.2) is 4.68 Å². The fourth-order valence-corrected chi connectivity index (χ4v) is 1.99. The smallest absolute Gasteiger partial charge is 0.153 e. The first-order chi connectivity index (χ1) is 10.3. The highest BCUT2D eigenvalue weighted by Gasteiger charge is 2.04. The summed E-state index contributed by atoms with van der Waals surface area (Å²) in [5, 5.41) is 19.0. The lowest BCUT2D eigenvalue weighted by Crippen LogP contribution is -2.02. The first-order valence-electron chi connectivity index (χ1n) is 6.51. The molecule has 0 spiro atoms. The molecule has 0 amide bonds. The molecule has 0 bridgehead atoms. The summed E-state index contributed by atoms with van der Waals surface area (Å²) in [6.07, 6.45) is 5.39. The second kappa shape index (κ2) is 5.58. The molecule has 21 heavy (non-hydrogen) atoms. The number of aryl methyl sites for hydroxylation is 1. The molecule has 0 saturated heterocycles. The van der Waals surface area contributed by atoms with Crippen LogP contribution in [0.25, 0.3) is 11.9 Å². The Morgan fingerprint density at radius 2 is 2.29 bits per heavy atom. The van der Waals surface area contributed by atoms with E-state index in [1.165, 1.54) is 0 Å². The molecule has 0 aliphatic carbocycles. The predicted octanol–water partition coefficient (Wildman–Crippen LogP) is 1.88. The van der Waals surface area contributed by atoms with E-state index in [2.05, 4.69) is 32.5 Å². The number of anilines is 1. The van der Waals surface area contributed by atoms with E-state index in [1.54, 1.807) is 15.6 Å². The molecule has 2 heterocycles. The molecule has 1 N–H and O–H groups in total. The third-order valence-electron chi connectivity index (χ3n) is 3.05. The Morgan fingerprint density at radius 1 is 1.38 bits per heavy atom. The molecule has 0 radical (unpaired) electrons. The summed E-state index contributed by atoms with van der Waals surface area (Å²) < 4.78 is 3.37. The molecule has 0 atom stereocenters. The van der Waals surface area contributed by atoms with E-state index in [1.807, 2.05) is 43.6 Å². The number of nitrogens with one attached hydrogen (secondary N) is 1. The van der Waals surface area contributed by atoms with E-state index < -0.39 is 0 Å². The lowest BCUT2D eigenvalue weighted by atomic mass is 10.2. The number of hydrogen-bond acceptors (Lipinski definition) is 5. The van der Waals surface area contributed by atoms with Gasteiger partial charge in [-0.05, 0) is 35.5 Å². The zero-order chi connectivity index (χ0) is 14.7. The van der Waals surface area contributed by atoms with E-state index in [0.717, 1.165) is 22.8 Å². The van der Waals surface area contributed by atoms with E-state index in [0.29, 0.717) is 6.54 Å². The van der Waals surface area contributed by atoms with Gasteiger partial charge in [0.05, 0.1) is 11.9 Å². The molecule has 7 heteroatoms. The van der Waals surface area contributed by atoms with Gasteiger partial charge in [-0.1, -0.05) is 12.6 Å². The van der Waals surface area contributed by atoms with Crippen molar-refractivity contribution in [2.75, 3.05) is 5.32 Å². The Balaban J connectivity index is 1.74. The molecule has 0 unspecified atom stereocenters. The second-order valence-electron chi connectivity index (χ2n) is 4.55. The minimum absolute atomic E-state index is 0.686. The summed E-state index contributed by atoms with van der Waals surface area (Å²) in [6.45, 7) is 6.22. The van der Waals surface area contributed by atoms with Crippen LogP contribution < -0.4 is 5.32 Å². The average Bonchev–Trinajstić information content (AvgIpc) is 3.14. The maximum Gasteiger partial charge on any atom is 0.153 e. The lowest BCUT2D eigenvalue weighted by Gasteiger charge is -2.07. The molecule has 106 valence electrons. The quantitative estimate of drug-likeness (QED) is 0.773. The molecule has 0 aliphatic rings. The molecule has 3 rings (SSSR count). The first-order valence-corrected chi connectivity index (χ1v) is 6.51. The predicted molar refractivity (Wildman–Crippen MR) is 79.8 cm³/mol. The standard InChI is InChI=1S/C14H15N7/c1-3-20-10-12(9-16-20)8-15-13-5-4-6-14(7-13)21-11(2)17-18-19-21/h3-7,9-10,15H,1,8H2,2H3. The van der Waals surface area contributed by atoms with E-state index >= 15 is 0 Å². The van der Waals surface area contributed by atoms with E-state index in [-0.39, 0.29) is 0 Å². The van der Waals surface area contributed by atoms with Crippen LogP contribution in [0.1, 0.15) is 11.4 Å². The summed E-state index contributed by atoms with van der Waals surface area (Å²) in [6, 6.07) is 7.93. The second-order valence-corrected chi connectivity index (χ2v) is 4.55. The van der Waals surface area contributed by atoms with Gasteiger partial charge < -0.3 is 5.32 Å². The van der Waals surface area contributed by atoms with Gasteiger partial charge in [-0.15, -0.1) is 5.10 Å². The number of benzene rings is 1. The van der Waals surface area contributed by atoms with Gasteiger partial charge in [0.25, 0.3) is 0 Å². The van der Waals surface area contributed by atoms with E-state index in [4.69, 9.17) is 0 Å². The van der Waals surface area contributed by atoms with Crippen LogP contribution in [0.15, 0.2) is 43.2 Å². The van der Waals surface area contributed by atoms with Crippen LogP contribution in [0, 0.1) is 6.92 Å². The van der Waals surface area contributed by atoms with Crippen LogP contribution in [-0.2, 0) is 6.54 Å². The largest absolute Gasteiger partial charge is 0.381 e.